The second-order valence-electron chi connectivity index (χ2n) is 8.24. The highest BCUT2D eigenvalue weighted by molar-refractivity contribution is 5.84. The molecule has 0 heterocycles. The zero-order valence-electron chi connectivity index (χ0n) is 12.3. The normalized spacial score (nSPS) is 43.9. The molecule has 0 aromatic rings. The Kier molecular flexibility index (Phi) is 2.56. The van der Waals surface area contributed by atoms with Crippen LogP contribution in [0, 0.1) is 34.0 Å². The fourth-order valence-electron chi connectivity index (χ4n) is 5.43. The zero-order valence-corrected chi connectivity index (χ0v) is 12.3. The van der Waals surface area contributed by atoms with Gasteiger partial charge in [-0.3, -0.25) is 4.79 Å². The van der Waals surface area contributed by atoms with Gasteiger partial charge >= 0.3 is 0 Å². The maximum atomic E-state index is 12.8. The molecule has 2 atom stereocenters. The minimum atomic E-state index is -0.749. The van der Waals surface area contributed by atoms with Crippen molar-refractivity contribution in [2.75, 3.05) is 0 Å². The summed E-state index contributed by atoms with van der Waals surface area (Å²) in [4.78, 5) is 12.8. The van der Waals surface area contributed by atoms with Crippen LogP contribution in [0.3, 0.4) is 0 Å². The van der Waals surface area contributed by atoms with Crippen LogP contribution >= 0.6 is 0 Å². The van der Waals surface area contributed by atoms with Gasteiger partial charge in [0.05, 0.1) is 11.5 Å². The number of hydrogen-bond acceptors (Lipinski definition) is 2. The third kappa shape index (κ3) is 2.06. The van der Waals surface area contributed by atoms with Crippen LogP contribution in [0.1, 0.15) is 59.3 Å². The number of nitriles is 1. The van der Waals surface area contributed by atoms with Gasteiger partial charge in [-0.15, -0.1) is 0 Å². The Morgan fingerprint density at radius 2 is 1.84 bits per heavy atom. The van der Waals surface area contributed by atoms with E-state index in [0.717, 1.165) is 31.1 Å². The summed E-state index contributed by atoms with van der Waals surface area (Å²) in [5.41, 5.74) is -0.549. The number of amides is 1. The summed E-state index contributed by atoms with van der Waals surface area (Å²) >= 11 is 0. The number of nitrogens with zero attached hydrogens (tertiary/aromatic N) is 1. The summed E-state index contributed by atoms with van der Waals surface area (Å²) in [6.07, 6.45) is 7.06. The van der Waals surface area contributed by atoms with Gasteiger partial charge in [0.1, 0.15) is 5.54 Å². The molecule has 4 aliphatic carbocycles. The van der Waals surface area contributed by atoms with Crippen molar-refractivity contribution in [1.82, 2.24) is 5.32 Å². The summed E-state index contributed by atoms with van der Waals surface area (Å²) in [7, 11) is 0. The maximum absolute atomic E-state index is 12.8. The van der Waals surface area contributed by atoms with Crippen molar-refractivity contribution in [2.24, 2.45) is 22.7 Å². The van der Waals surface area contributed by atoms with E-state index in [4.69, 9.17) is 5.26 Å². The van der Waals surface area contributed by atoms with E-state index in [9.17, 15) is 4.79 Å². The van der Waals surface area contributed by atoms with Crippen molar-refractivity contribution in [3.8, 4) is 6.07 Å². The van der Waals surface area contributed by atoms with Gasteiger partial charge in [0.2, 0.25) is 5.91 Å². The van der Waals surface area contributed by atoms with E-state index in [1.54, 1.807) is 13.8 Å². The first kappa shape index (κ1) is 13.0. The van der Waals surface area contributed by atoms with Gasteiger partial charge in [-0.1, -0.05) is 6.92 Å². The SMILES string of the molecule is CC12CC3CC(C1)CC(C(=O)NC(C)(C)C#N)(C3)C2. The molecule has 19 heavy (non-hydrogen) atoms. The number of rotatable bonds is 2. The third-order valence-corrected chi connectivity index (χ3v) is 5.54. The molecule has 1 amide bonds. The average Bonchev–Trinajstić information content (AvgIpc) is 2.25. The highest BCUT2D eigenvalue weighted by Crippen LogP contribution is 2.65. The molecular weight excluding hydrogens is 236 g/mol. The van der Waals surface area contributed by atoms with Crippen molar-refractivity contribution < 1.29 is 4.79 Å². The highest BCUT2D eigenvalue weighted by atomic mass is 16.2. The first-order valence-corrected chi connectivity index (χ1v) is 7.50. The molecule has 0 aliphatic heterocycles. The smallest absolute Gasteiger partial charge is 0.227 e. The molecule has 4 bridgehead atoms. The Hall–Kier alpha value is -1.04. The fraction of sp³-hybridized carbons (Fsp3) is 0.875. The van der Waals surface area contributed by atoms with E-state index < -0.39 is 5.54 Å². The molecule has 4 saturated carbocycles. The Bertz CT molecular complexity index is 446. The van der Waals surface area contributed by atoms with Crippen LogP contribution in [-0.4, -0.2) is 11.4 Å². The molecule has 0 aromatic carbocycles. The summed E-state index contributed by atoms with van der Waals surface area (Å²) in [6.45, 7) is 5.93. The van der Waals surface area contributed by atoms with Crippen molar-refractivity contribution >= 4 is 5.91 Å². The fourth-order valence-corrected chi connectivity index (χ4v) is 5.43. The van der Waals surface area contributed by atoms with Gasteiger partial charge in [-0.25, -0.2) is 0 Å². The largest absolute Gasteiger partial charge is 0.338 e. The van der Waals surface area contributed by atoms with E-state index in [-0.39, 0.29) is 11.3 Å². The maximum Gasteiger partial charge on any atom is 0.227 e. The summed E-state index contributed by atoms with van der Waals surface area (Å²) in [5.74, 6) is 1.61. The third-order valence-electron chi connectivity index (χ3n) is 5.54. The zero-order chi connectivity index (χ0) is 13.9. The molecule has 4 rings (SSSR count). The second kappa shape index (κ2) is 3.75. The van der Waals surface area contributed by atoms with Crippen LogP contribution in [-0.2, 0) is 4.79 Å². The lowest BCUT2D eigenvalue weighted by Gasteiger charge is -2.60. The van der Waals surface area contributed by atoms with E-state index >= 15 is 0 Å². The Morgan fingerprint density at radius 3 is 2.32 bits per heavy atom. The lowest BCUT2D eigenvalue weighted by Crippen LogP contribution is -2.59. The van der Waals surface area contributed by atoms with Gasteiger partial charge in [-0.05, 0) is 69.6 Å². The topological polar surface area (TPSA) is 52.9 Å². The van der Waals surface area contributed by atoms with E-state index in [1.165, 1.54) is 19.3 Å². The molecule has 4 fully saturated rings. The summed E-state index contributed by atoms with van der Waals surface area (Å²) < 4.78 is 0. The van der Waals surface area contributed by atoms with Gasteiger partial charge in [0.25, 0.3) is 0 Å². The van der Waals surface area contributed by atoms with Crippen molar-refractivity contribution in [3.05, 3.63) is 0 Å². The standard InChI is InChI=1S/C16H24N2O/c1-14(2,10-17)18-13(19)16-7-11-4-12(8-16)6-15(3,5-11)9-16/h11-12H,4-9H2,1-3H3,(H,18,19). The Balaban J connectivity index is 1.84. The Morgan fingerprint density at radius 1 is 1.26 bits per heavy atom. The monoisotopic (exact) mass is 260 g/mol. The van der Waals surface area contributed by atoms with Crippen molar-refractivity contribution in [3.63, 3.8) is 0 Å². The lowest BCUT2D eigenvalue weighted by atomic mass is 9.44. The summed E-state index contributed by atoms with van der Waals surface area (Å²) in [6, 6.07) is 2.18. The molecule has 3 heteroatoms. The first-order valence-electron chi connectivity index (χ1n) is 7.50. The number of nitrogens with one attached hydrogen (secondary N) is 1. The number of carbonyl (C=O) groups excluding carboxylic acids is 1. The first-order chi connectivity index (χ1) is 8.76. The molecule has 104 valence electrons. The predicted molar refractivity (Wildman–Crippen MR) is 73.1 cm³/mol. The van der Waals surface area contributed by atoms with Gasteiger partial charge in [0, 0.05) is 0 Å². The van der Waals surface area contributed by atoms with Gasteiger partial charge in [0.15, 0.2) is 0 Å². The molecule has 0 aromatic heterocycles. The van der Waals surface area contributed by atoms with Crippen LogP contribution < -0.4 is 5.32 Å². The molecule has 0 spiro atoms. The van der Waals surface area contributed by atoms with Crippen molar-refractivity contribution in [2.45, 2.75) is 64.8 Å². The summed E-state index contributed by atoms with van der Waals surface area (Å²) in [5, 5.41) is 12.1. The van der Waals surface area contributed by atoms with Gasteiger partial charge < -0.3 is 5.32 Å². The molecule has 1 N–H and O–H groups in total. The van der Waals surface area contributed by atoms with Crippen LogP contribution in [0.4, 0.5) is 0 Å². The second-order valence-corrected chi connectivity index (χ2v) is 8.24. The van der Waals surface area contributed by atoms with E-state index in [1.807, 2.05) is 0 Å². The minimum Gasteiger partial charge on any atom is -0.338 e. The van der Waals surface area contributed by atoms with Crippen LogP contribution in [0.15, 0.2) is 0 Å². The quantitative estimate of drug-likeness (QED) is 0.829. The van der Waals surface area contributed by atoms with E-state index in [0.29, 0.717) is 5.41 Å². The Labute approximate surface area is 115 Å². The average molecular weight is 260 g/mol. The molecule has 2 unspecified atom stereocenters. The minimum absolute atomic E-state index is 0.138. The molecular formula is C16H24N2O. The van der Waals surface area contributed by atoms with E-state index in [2.05, 4.69) is 18.3 Å². The molecule has 0 radical (unpaired) electrons. The molecule has 0 saturated heterocycles. The van der Waals surface area contributed by atoms with Crippen LogP contribution in [0.2, 0.25) is 0 Å². The number of carbonyl (C=O) groups is 1. The molecule has 4 aliphatic rings. The van der Waals surface area contributed by atoms with Crippen LogP contribution in [0.25, 0.3) is 0 Å². The van der Waals surface area contributed by atoms with Gasteiger partial charge in [-0.2, -0.15) is 5.26 Å². The molecule has 3 nitrogen and oxygen atoms in total. The van der Waals surface area contributed by atoms with Crippen LogP contribution in [0.5, 0.6) is 0 Å². The highest BCUT2D eigenvalue weighted by Gasteiger charge is 2.59. The van der Waals surface area contributed by atoms with Crippen molar-refractivity contribution in [1.29, 1.82) is 5.26 Å². The number of hydrogen-bond donors (Lipinski definition) is 1. The lowest BCUT2D eigenvalue weighted by molar-refractivity contribution is -0.156. The predicted octanol–water partition coefficient (Wildman–Crippen LogP) is 3.01.